The third kappa shape index (κ3) is 4.55. The molecule has 2 aliphatic heterocycles. The van der Waals surface area contributed by atoms with E-state index in [0.717, 1.165) is 81.5 Å². The number of hydroxylamine groups is 1. The highest BCUT2D eigenvalue weighted by atomic mass is 16.7. The summed E-state index contributed by atoms with van der Waals surface area (Å²) in [6.07, 6.45) is 8.89. The zero-order chi connectivity index (χ0) is 28.4. The minimum absolute atomic E-state index is 0.0393. The number of carbonyl (C=O) groups is 2. The lowest BCUT2D eigenvalue weighted by atomic mass is 9.47. The van der Waals surface area contributed by atoms with Crippen molar-refractivity contribution in [3.63, 3.8) is 0 Å². The Kier molecular flexibility index (Phi) is 6.24. The lowest BCUT2D eigenvalue weighted by molar-refractivity contribution is -0.145. The van der Waals surface area contributed by atoms with E-state index in [1.807, 2.05) is 24.4 Å². The number of amides is 2. The summed E-state index contributed by atoms with van der Waals surface area (Å²) >= 11 is 0. The molecule has 222 valence electrons. The number of nitrogens with two attached hydrogens (primary N) is 1. The van der Waals surface area contributed by atoms with Crippen LogP contribution in [0.15, 0.2) is 42.6 Å². The summed E-state index contributed by atoms with van der Waals surface area (Å²) in [6.45, 7) is 5.54. The third-order valence-electron chi connectivity index (χ3n) is 11.0. The van der Waals surface area contributed by atoms with E-state index in [9.17, 15) is 9.59 Å². The molecule has 42 heavy (non-hydrogen) atoms. The van der Waals surface area contributed by atoms with Crippen LogP contribution in [0.25, 0.3) is 0 Å². The Balaban J connectivity index is 0.924. The number of benzene rings is 1. The Labute approximate surface area is 247 Å². The van der Waals surface area contributed by atoms with E-state index in [1.165, 1.54) is 18.5 Å². The van der Waals surface area contributed by atoms with Gasteiger partial charge in [-0.1, -0.05) is 12.1 Å². The van der Waals surface area contributed by atoms with Crippen molar-refractivity contribution >= 4 is 34.9 Å². The maximum Gasteiger partial charge on any atom is 0.431 e. The molecule has 5 saturated carbocycles. The number of rotatable bonds is 6. The second kappa shape index (κ2) is 10.0. The maximum atomic E-state index is 13.2. The summed E-state index contributed by atoms with van der Waals surface area (Å²) in [5.74, 6) is 1.86. The molecule has 3 heterocycles. The average molecular weight is 572 g/mol. The highest BCUT2D eigenvalue weighted by molar-refractivity contribution is 5.82. The van der Waals surface area contributed by atoms with Crippen LogP contribution >= 0.6 is 0 Å². The van der Waals surface area contributed by atoms with Crippen LogP contribution in [0.5, 0.6) is 0 Å². The number of aromatic nitrogens is 1. The molecule has 0 spiro atoms. The molecular weight excluding hydrogens is 530 g/mol. The fourth-order valence-electron chi connectivity index (χ4n) is 9.00. The molecule has 5 atom stereocenters. The number of carbonyl (C=O) groups excluding carboxylic acids is 2. The Morgan fingerprint density at radius 2 is 1.64 bits per heavy atom. The molecule has 3 unspecified atom stereocenters. The summed E-state index contributed by atoms with van der Waals surface area (Å²) in [5.41, 5.74) is 8.46. The molecule has 9 rings (SSSR count). The number of fused-ring (bicyclic) bond motifs is 1. The van der Waals surface area contributed by atoms with Crippen LogP contribution in [0.2, 0.25) is 0 Å². The fourth-order valence-corrected chi connectivity index (χ4v) is 9.00. The standard InChI is InChI=1S/C32H41N7O3/c33-30(40)32-17-21-15-22(18-32)29(23(16-21)19-32)35-31(41)42-39-14-13-38(26-3-1-2-4-27(26)39)28-8-7-25(20-34-28)37-11-9-36(10-12-37)24-5-6-24/h1-4,7-8,20-24,29H,5-6,9-19H2,(H2,33,40)(H,35,41)/t21?,22-,23+,29?,32?. The fraction of sp³-hybridized carbons (Fsp3) is 0.594. The first-order valence-corrected chi connectivity index (χ1v) is 15.8. The van der Waals surface area contributed by atoms with Crippen LogP contribution in [-0.4, -0.2) is 73.2 Å². The molecular formula is C32H41N7O3. The molecule has 2 amide bonds. The predicted octanol–water partition coefficient (Wildman–Crippen LogP) is 3.65. The zero-order valence-corrected chi connectivity index (χ0v) is 24.2. The quantitative estimate of drug-likeness (QED) is 0.541. The minimum atomic E-state index is -0.423. The average Bonchev–Trinajstić information content (AvgIpc) is 3.85. The van der Waals surface area contributed by atoms with Gasteiger partial charge < -0.3 is 25.7 Å². The van der Waals surface area contributed by atoms with Crippen molar-refractivity contribution in [3.8, 4) is 0 Å². The lowest BCUT2D eigenvalue weighted by Gasteiger charge is -2.58. The summed E-state index contributed by atoms with van der Waals surface area (Å²) in [7, 11) is 0. The van der Waals surface area contributed by atoms with Crippen LogP contribution < -0.4 is 25.9 Å². The highest BCUT2D eigenvalue weighted by Crippen LogP contribution is 2.60. The number of piperazine rings is 1. The van der Waals surface area contributed by atoms with Gasteiger partial charge in [-0.2, -0.15) is 0 Å². The first-order chi connectivity index (χ1) is 20.5. The number of anilines is 4. The Morgan fingerprint density at radius 3 is 2.31 bits per heavy atom. The van der Waals surface area contributed by atoms with Gasteiger partial charge in [0.05, 0.1) is 29.8 Å². The number of nitrogens with zero attached hydrogens (tertiary/aromatic N) is 5. The molecule has 0 radical (unpaired) electrons. The molecule has 4 bridgehead atoms. The van der Waals surface area contributed by atoms with E-state index >= 15 is 0 Å². The van der Waals surface area contributed by atoms with Crippen LogP contribution in [0, 0.1) is 23.2 Å². The van der Waals surface area contributed by atoms with Gasteiger partial charge in [-0.3, -0.25) is 9.69 Å². The van der Waals surface area contributed by atoms with Crippen molar-refractivity contribution in [1.29, 1.82) is 0 Å². The Hall–Kier alpha value is -3.53. The van der Waals surface area contributed by atoms with E-state index in [1.54, 1.807) is 5.06 Å². The molecule has 1 aromatic heterocycles. The van der Waals surface area contributed by atoms with E-state index in [4.69, 9.17) is 15.6 Å². The number of pyridine rings is 1. The topological polar surface area (TPSA) is 107 Å². The normalized spacial score (nSPS) is 32.0. The Bertz CT molecular complexity index is 1340. The number of nitrogens with one attached hydrogen (secondary N) is 1. The molecule has 10 heteroatoms. The van der Waals surface area contributed by atoms with Gasteiger partial charge in [0.15, 0.2) is 0 Å². The molecule has 10 nitrogen and oxygen atoms in total. The number of hydrogen-bond donors (Lipinski definition) is 2. The van der Waals surface area contributed by atoms with Crippen molar-refractivity contribution in [2.45, 2.75) is 57.0 Å². The van der Waals surface area contributed by atoms with Gasteiger partial charge in [0, 0.05) is 50.2 Å². The largest absolute Gasteiger partial charge is 0.431 e. The lowest BCUT2D eigenvalue weighted by Crippen LogP contribution is -2.62. The summed E-state index contributed by atoms with van der Waals surface area (Å²) in [4.78, 5) is 43.6. The summed E-state index contributed by atoms with van der Waals surface area (Å²) < 4.78 is 0. The van der Waals surface area contributed by atoms with E-state index < -0.39 is 6.09 Å². The van der Waals surface area contributed by atoms with Crippen molar-refractivity contribution in [2.75, 3.05) is 54.1 Å². The van der Waals surface area contributed by atoms with Crippen molar-refractivity contribution in [1.82, 2.24) is 15.2 Å². The van der Waals surface area contributed by atoms with Gasteiger partial charge in [-0.05, 0) is 87.0 Å². The zero-order valence-electron chi connectivity index (χ0n) is 24.2. The summed E-state index contributed by atoms with van der Waals surface area (Å²) in [6, 6.07) is 13.2. The number of para-hydroxylation sites is 2. The predicted molar refractivity (Wildman–Crippen MR) is 160 cm³/mol. The monoisotopic (exact) mass is 571 g/mol. The second-order valence-electron chi connectivity index (χ2n) is 13.5. The second-order valence-corrected chi connectivity index (χ2v) is 13.5. The van der Waals surface area contributed by atoms with Crippen molar-refractivity contribution in [3.05, 3.63) is 42.6 Å². The first-order valence-electron chi connectivity index (χ1n) is 15.8. The molecule has 3 N–H and O–H groups in total. The van der Waals surface area contributed by atoms with Crippen LogP contribution in [-0.2, 0) is 9.63 Å². The SMILES string of the molecule is NC(=O)C12CC3C[C@H](C1)C(NC(=O)ON1CCN(c4ccc(N5CCN(C6CC6)CC5)cn4)c4ccccc41)[C@@H](C3)C2. The molecule has 6 fully saturated rings. The molecule has 1 saturated heterocycles. The number of hydrogen-bond acceptors (Lipinski definition) is 8. The van der Waals surface area contributed by atoms with E-state index in [0.29, 0.717) is 19.0 Å². The van der Waals surface area contributed by atoms with Crippen LogP contribution in [0.3, 0.4) is 0 Å². The van der Waals surface area contributed by atoms with Gasteiger partial charge in [-0.25, -0.2) is 14.8 Å². The number of primary amides is 1. The van der Waals surface area contributed by atoms with Crippen molar-refractivity contribution < 1.29 is 14.4 Å². The first kappa shape index (κ1) is 26.1. The van der Waals surface area contributed by atoms with Gasteiger partial charge in [0.1, 0.15) is 5.82 Å². The minimum Gasteiger partial charge on any atom is -0.369 e. The molecule has 1 aromatic carbocycles. The van der Waals surface area contributed by atoms with Crippen LogP contribution in [0.1, 0.15) is 44.9 Å². The smallest absolute Gasteiger partial charge is 0.369 e. The van der Waals surface area contributed by atoms with Crippen molar-refractivity contribution in [2.24, 2.45) is 28.9 Å². The maximum absolute atomic E-state index is 13.2. The molecule has 7 aliphatic rings. The van der Waals surface area contributed by atoms with Gasteiger partial charge in [0.25, 0.3) is 0 Å². The molecule has 2 aromatic rings. The Morgan fingerprint density at radius 1 is 0.905 bits per heavy atom. The van der Waals surface area contributed by atoms with Crippen LogP contribution in [0.4, 0.5) is 27.7 Å². The van der Waals surface area contributed by atoms with Gasteiger partial charge in [-0.15, -0.1) is 0 Å². The third-order valence-corrected chi connectivity index (χ3v) is 11.0. The molecule has 5 aliphatic carbocycles. The van der Waals surface area contributed by atoms with Gasteiger partial charge in [0.2, 0.25) is 5.91 Å². The van der Waals surface area contributed by atoms with E-state index in [-0.39, 0.29) is 29.2 Å². The highest BCUT2D eigenvalue weighted by Gasteiger charge is 2.58. The van der Waals surface area contributed by atoms with Gasteiger partial charge >= 0.3 is 6.09 Å². The summed E-state index contributed by atoms with van der Waals surface area (Å²) in [5, 5.41) is 4.90. The van der Waals surface area contributed by atoms with E-state index in [2.05, 4.69) is 38.2 Å².